The van der Waals surface area contributed by atoms with E-state index in [4.69, 9.17) is 5.73 Å². The Hall–Kier alpha value is -1.24. The van der Waals surface area contributed by atoms with Gasteiger partial charge in [0.15, 0.2) is 0 Å². The lowest BCUT2D eigenvalue weighted by molar-refractivity contribution is 1.50. The topological polar surface area (TPSA) is 26.0 Å². The number of benzene rings is 1. The minimum Gasteiger partial charge on any atom is -0.399 e. The van der Waals surface area contributed by atoms with Crippen LogP contribution in [0.4, 0.5) is 5.69 Å². The van der Waals surface area contributed by atoms with Crippen molar-refractivity contribution in [3.8, 4) is 0 Å². The minimum atomic E-state index is 0.855. The fourth-order valence-electron chi connectivity index (χ4n) is 1.41. The van der Waals surface area contributed by atoms with Crippen LogP contribution >= 0.6 is 0 Å². The molecule has 1 aliphatic rings. The second-order valence-electron chi connectivity index (χ2n) is 3.35. The summed E-state index contributed by atoms with van der Waals surface area (Å²) in [6.45, 7) is 2.18. The van der Waals surface area contributed by atoms with Crippen LogP contribution in [0.2, 0.25) is 0 Å². The molecule has 12 heavy (non-hydrogen) atoms. The number of rotatable bonds is 1. The van der Waals surface area contributed by atoms with Crippen LogP contribution in [0.1, 0.15) is 25.3 Å². The van der Waals surface area contributed by atoms with E-state index in [1.165, 1.54) is 24.0 Å². The summed E-state index contributed by atoms with van der Waals surface area (Å²) in [6, 6.07) is 8.10. The molecular formula is C11H13N. The van der Waals surface area contributed by atoms with Crippen molar-refractivity contribution >= 4 is 11.3 Å². The fourth-order valence-corrected chi connectivity index (χ4v) is 1.41. The Morgan fingerprint density at radius 3 is 2.67 bits per heavy atom. The average molecular weight is 159 g/mol. The number of nitrogen functional groups attached to an aromatic ring is 1. The molecule has 1 heteroatoms. The van der Waals surface area contributed by atoms with Gasteiger partial charge in [-0.2, -0.15) is 0 Å². The Morgan fingerprint density at radius 1 is 1.33 bits per heavy atom. The zero-order valence-electron chi connectivity index (χ0n) is 7.30. The molecule has 1 aromatic carbocycles. The van der Waals surface area contributed by atoms with Crippen LogP contribution in [0.5, 0.6) is 0 Å². The van der Waals surface area contributed by atoms with E-state index in [1.54, 1.807) is 5.57 Å². The zero-order chi connectivity index (χ0) is 8.55. The lowest BCUT2D eigenvalue weighted by Crippen LogP contribution is -1.86. The summed E-state index contributed by atoms with van der Waals surface area (Å²) >= 11 is 0. The minimum absolute atomic E-state index is 0.855. The normalized spacial score (nSPS) is 14.6. The molecular weight excluding hydrogens is 146 g/mol. The van der Waals surface area contributed by atoms with Crippen LogP contribution < -0.4 is 5.73 Å². The van der Waals surface area contributed by atoms with Crippen molar-refractivity contribution in [1.82, 2.24) is 0 Å². The maximum Gasteiger partial charge on any atom is 0.0320 e. The summed E-state index contributed by atoms with van der Waals surface area (Å²) < 4.78 is 0. The van der Waals surface area contributed by atoms with Crippen molar-refractivity contribution in [2.75, 3.05) is 5.73 Å². The molecule has 0 unspecified atom stereocenters. The summed E-state index contributed by atoms with van der Waals surface area (Å²) in [4.78, 5) is 0. The van der Waals surface area contributed by atoms with Crippen molar-refractivity contribution in [2.24, 2.45) is 0 Å². The van der Waals surface area contributed by atoms with E-state index in [9.17, 15) is 0 Å². The molecule has 2 rings (SSSR count). The molecule has 0 amide bonds. The van der Waals surface area contributed by atoms with Gasteiger partial charge in [-0.25, -0.2) is 0 Å². The van der Waals surface area contributed by atoms with Gasteiger partial charge in [0.1, 0.15) is 0 Å². The quantitative estimate of drug-likeness (QED) is 0.626. The van der Waals surface area contributed by atoms with Gasteiger partial charge in [-0.1, -0.05) is 17.7 Å². The first-order valence-electron chi connectivity index (χ1n) is 4.32. The number of hydrogen-bond acceptors (Lipinski definition) is 1. The molecule has 0 aliphatic heterocycles. The largest absolute Gasteiger partial charge is 0.399 e. The number of allylic oxidation sites excluding steroid dienone is 2. The van der Waals surface area contributed by atoms with E-state index < -0.39 is 0 Å². The molecule has 2 N–H and O–H groups in total. The summed E-state index contributed by atoms with van der Waals surface area (Å²) in [5.74, 6) is 0. The highest BCUT2D eigenvalue weighted by Crippen LogP contribution is 2.36. The van der Waals surface area contributed by atoms with E-state index in [1.807, 2.05) is 18.2 Å². The monoisotopic (exact) mass is 159 g/mol. The lowest BCUT2D eigenvalue weighted by Gasteiger charge is -2.01. The van der Waals surface area contributed by atoms with Gasteiger partial charge >= 0.3 is 0 Å². The molecule has 1 aromatic rings. The van der Waals surface area contributed by atoms with E-state index in [-0.39, 0.29) is 0 Å². The van der Waals surface area contributed by atoms with Gasteiger partial charge in [-0.15, -0.1) is 0 Å². The fraction of sp³-hybridized carbons (Fsp3) is 0.273. The maximum atomic E-state index is 5.69. The summed E-state index contributed by atoms with van der Waals surface area (Å²) in [5, 5.41) is 0. The highest BCUT2D eigenvalue weighted by molar-refractivity contribution is 5.71. The molecule has 1 fully saturated rings. The standard InChI is InChI=1S/C11H13N/c1-8(9-5-6-9)10-3-2-4-11(12)7-10/h2-4,7H,5-6,12H2,1H3. The van der Waals surface area contributed by atoms with Crippen molar-refractivity contribution in [1.29, 1.82) is 0 Å². The SMILES string of the molecule is CC(=C1CC1)c1cccc(N)c1. The second-order valence-corrected chi connectivity index (χ2v) is 3.35. The van der Waals surface area contributed by atoms with Gasteiger partial charge in [-0.05, 0) is 43.0 Å². The Balaban J connectivity index is 2.40. The molecule has 62 valence electrons. The lowest BCUT2D eigenvalue weighted by atomic mass is 10.1. The van der Waals surface area contributed by atoms with E-state index in [0.29, 0.717) is 0 Å². The number of nitrogens with two attached hydrogens (primary N) is 1. The van der Waals surface area contributed by atoms with Crippen LogP contribution in [-0.4, -0.2) is 0 Å². The van der Waals surface area contributed by atoms with Gasteiger partial charge < -0.3 is 5.73 Å². The van der Waals surface area contributed by atoms with Crippen LogP contribution in [0.25, 0.3) is 5.57 Å². The Morgan fingerprint density at radius 2 is 2.08 bits per heavy atom. The molecule has 1 aliphatic carbocycles. The summed E-state index contributed by atoms with van der Waals surface area (Å²) in [6.07, 6.45) is 2.56. The molecule has 1 saturated carbocycles. The smallest absolute Gasteiger partial charge is 0.0320 e. The third-order valence-electron chi connectivity index (χ3n) is 2.35. The molecule has 0 radical (unpaired) electrons. The van der Waals surface area contributed by atoms with Gasteiger partial charge in [-0.3, -0.25) is 0 Å². The van der Waals surface area contributed by atoms with E-state index in [0.717, 1.165) is 5.69 Å². The maximum absolute atomic E-state index is 5.69. The Bertz CT molecular complexity index is 331. The molecule has 0 aromatic heterocycles. The highest BCUT2D eigenvalue weighted by atomic mass is 14.5. The van der Waals surface area contributed by atoms with E-state index in [2.05, 4.69) is 13.0 Å². The molecule has 0 spiro atoms. The third-order valence-corrected chi connectivity index (χ3v) is 2.35. The Kier molecular flexibility index (Phi) is 1.65. The summed E-state index contributed by atoms with van der Waals surface area (Å²) in [5.41, 5.74) is 10.8. The Labute approximate surface area is 72.9 Å². The predicted molar refractivity (Wildman–Crippen MR) is 52.7 cm³/mol. The van der Waals surface area contributed by atoms with Crippen molar-refractivity contribution < 1.29 is 0 Å². The number of hydrogen-bond donors (Lipinski definition) is 1. The predicted octanol–water partition coefficient (Wildman–Crippen LogP) is 2.84. The van der Waals surface area contributed by atoms with E-state index >= 15 is 0 Å². The van der Waals surface area contributed by atoms with Crippen LogP contribution in [-0.2, 0) is 0 Å². The molecule has 0 heterocycles. The highest BCUT2D eigenvalue weighted by Gasteiger charge is 2.15. The van der Waals surface area contributed by atoms with Crippen LogP contribution in [0.15, 0.2) is 29.8 Å². The zero-order valence-corrected chi connectivity index (χ0v) is 7.30. The third kappa shape index (κ3) is 1.35. The van der Waals surface area contributed by atoms with Crippen molar-refractivity contribution in [3.05, 3.63) is 35.4 Å². The number of anilines is 1. The van der Waals surface area contributed by atoms with Crippen LogP contribution in [0, 0.1) is 0 Å². The second kappa shape index (κ2) is 2.67. The van der Waals surface area contributed by atoms with Crippen molar-refractivity contribution in [2.45, 2.75) is 19.8 Å². The van der Waals surface area contributed by atoms with Gasteiger partial charge in [0.2, 0.25) is 0 Å². The molecule has 0 atom stereocenters. The average Bonchev–Trinajstić information content (AvgIpc) is 2.85. The molecule has 0 bridgehead atoms. The molecule has 1 nitrogen and oxygen atoms in total. The van der Waals surface area contributed by atoms with Gasteiger partial charge in [0, 0.05) is 5.69 Å². The first kappa shape index (κ1) is 7.41. The van der Waals surface area contributed by atoms with Gasteiger partial charge in [0.05, 0.1) is 0 Å². The first-order valence-corrected chi connectivity index (χ1v) is 4.32. The summed E-state index contributed by atoms with van der Waals surface area (Å²) in [7, 11) is 0. The first-order chi connectivity index (χ1) is 5.77. The molecule has 0 saturated heterocycles. The van der Waals surface area contributed by atoms with Crippen LogP contribution in [0.3, 0.4) is 0 Å². The van der Waals surface area contributed by atoms with Crippen molar-refractivity contribution in [3.63, 3.8) is 0 Å². The van der Waals surface area contributed by atoms with Gasteiger partial charge in [0.25, 0.3) is 0 Å².